The van der Waals surface area contributed by atoms with Crippen LogP contribution in [0.2, 0.25) is 0 Å². The highest BCUT2D eigenvalue weighted by Gasteiger charge is 2.33. The molecule has 0 bridgehead atoms. The topological polar surface area (TPSA) is 38.5 Å². The maximum absolute atomic E-state index is 6.18. The first kappa shape index (κ1) is 16.8. The van der Waals surface area contributed by atoms with Crippen LogP contribution in [0.15, 0.2) is 78.9 Å². The highest BCUT2D eigenvalue weighted by molar-refractivity contribution is 5.43. The van der Waals surface area contributed by atoms with E-state index in [4.69, 9.17) is 10.5 Å². The van der Waals surface area contributed by atoms with Crippen molar-refractivity contribution in [3.8, 4) is 11.5 Å². The summed E-state index contributed by atoms with van der Waals surface area (Å²) in [5.41, 5.74) is 10.1. The Morgan fingerprint density at radius 3 is 2.35 bits per heavy atom. The van der Waals surface area contributed by atoms with Gasteiger partial charge in [-0.15, -0.1) is 0 Å². The zero-order valence-corrected chi connectivity index (χ0v) is 15.0. The van der Waals surface area contributed by atoms with Crippen LogP contribution >= 0.6 is 0 Å². The van der Waals surface area contributed by atoms with Gasteiger partial charge in [-0.3, -0.25) is 4.90 Å². The van der Waals surface area contributed by atoms with Crippen molar-refractivity contribution in [1.29, 1.82) is 0 Å². The zero-order chi connectivity index (χ0) is 17.9. The predicted molar refractivity (Wildman–Crippen MR) is 105 cm³/mol. The monoisotopic (exact) mass is 344 g/mol. The summed E-state index contributed by atoms with van der Waals surface area (Å²) in [4.78, 5) is 2.48. The van der Waals surface area contributed by atoms with Crippen LogP contribution in [0, 0.1) is 0 Å². The van der Waals surface area contributed by atoms with Crippen LogP contribution in [0.5, 0.6) is 11.5 Å². The molecule has 0 aromatic heterocycles. The number of para-hydroxylation sites is 1. The van der Waals surface area contributed by atoms with E-state index in [9.17, 15) is 0 Å². The molecular weight excluding hydrogens is 320 g/mol. The first-order valence-electron chi connectivity index (χ1n) is 9.13. The van der Waals surface area contributed by atoms with Crippen LogP contribution in [0.25, 0.3) is 0 Å². The van der Waals surface area contributed by atoms with E-state index in [0.717, 1.165) is 18.0 Å². The summed E-state index contributed by atoms with van der Waals surface area (Å²) in [5.74, 6) is 1.71. The number of nitrogens with two attached hydrogens (primary N) is 1. The number of rotatable bonds is 5. The molecule has 1 aliphatic rings. The first-order valence-corrected chi connectivity index (χ1v) is 9.13. The minimum Gasteiger partial charge on any atom is -0.457 e. The fraction of sp³-hybridized carbons (Fsp3) is 0.217. The molecular formula is C23H24N2O. The Balaban J connectivity index is 1.60. The van der Waals surface area contributed by atoms with E-state index in [1.165, 1.54) is 16.7 Å². The van der Waals surface area contributed by atoms with Crippen molar-refractivity contribution in [3.63, 3.8) is 0 Å². The number of fused-ring (bicyclic) bond motifs is 1. The summed E-state index contributed by atoms with van der Waals surface area (Å²) in [5, 5.41) is 0. The number of hydrogen-bond donors (Lipinski definition) is 1. The summed E-state index contributed by atoms with van der Waals surface area (Å²) in [6.45, 7) is 3.77. The molecule has 0 aliphatic carbocycles. The number of benzene rings is 3. The quantitative estimate of drug-likeness (QED) is 0.703. The molecule has 0 spiro atoms. The fourth-order valence-electron chi connectivity index (χ4n) is 3.79. The molecule has 1 aliphatic heterocycles. The third kappa shape index (κ3) is 3.24. The highest BCUT2D eigenvalue weighted by Crippen LogP contribution is 2.41. The lowest BCUT2D eigenvalue weighted by Gasteiger charge is -2.30. The third-order valence-corrected chi connectivity index (χ3v) is 5.21. The molecule has 0 saturated carbocycles. The lowest BCUT2D eigenvalue weighted by atomic mass is 10.0. The van der Waals surface area contributed by atoms with Crippen LogP contribution in [0.3, 0.4) is 0 Å². The van der Waals surface area contributed by atoms with Gasteiger partial charge in [-0.2, -0.15) is 0 Å². The van der Waals surface area contributed by atoms with Gasteiger partial charge >= 0.3 is 0 Å². The molecule has 3 aromatic rings. The molecule has 4 rings (SSSR count). The van der Waals surface area contributed by atoms with Gasteiger partial charge < -0.3 is 10.5 Å². The number of nitrogens with zero attached hydrogens (tertiary/aromatic N) is 1. The third-order valence-electron chi connectivity index (χ3n) is 5.21. The van der Waals surface area contributed by atoms with Gasteiger partial charge in [-0.05, 0) is 47.9 Å². The van der Waals surface area contributed by atoms with Gasteiger partial charge in [0, 0.05) is 25.2 Å². The second-order valence-electron chi connectivity index (χ2n) is 6.79. The summed E-state index contributed by atoms with van der Waals surface area (Å²) < 4.78 is 6.02. The summed E-state index contributed by atoms with van der Waals surface area (Å²) in [6, 6.07) is 27.4. The predicted octanol–water partition coefficient (Wildman–Crippen LogP) is 5.06. The van der Waals surface area contributed by atoms with Gasteiger partial charge in [0.05, 0.1) is 0 Å². The van der Waals surface area contributed by atoms with Crippen LogP contribution in [0.1, 0.15) is 35.7 Å². The Bertz CT molecular complexity index is 864. The smallest absolute Gasteiger partial charge is 0.127 e. The van der Waals surface area contributed by atoms with Gasteiger partial charge in [0.15, 0.2) is 0 Å². The Kier molecular flexibility index (Phi) is 4.74. The SMILES string of the molecule is CC(c1ccccc1)N1Cc2ccc(Oc3ccccc3)cc2C1CN. The Morgan fingerprint density at radius 1 is 0.962 bits per heavy atom. The molecule has 3 heteroatoms. The molecule has 0 fully saturated rings. The van der Waals surface area contributed by atoms with Gasteiger partial charge in [0.2, 0.25) is 0 Å². The average molecular weight is 344 g/mol. The van der Waals surface area contributed by atoms with Crippen LogP contribution < -0.4 is 10.5 Å². The van der Waals surface area contributed by atoms with Crippen molar-refractivity contribution in [1.82, 2.24) is 4.90 Å². The summed E-state index contributed by atoms with van der Waals surface area (Å²) in [6.07, 6.45) is 0. The van der Waals surface area contributed by atoms with Crippen molar-refractivity contribution in [3.05, 3.63) is 95.6 Å². The van der Waals surface area contributed by atoms with E-state index < -0.39 is 0 Å². The first-order chi connectivity index (χ1) is 12.8. The van der Waals surface area contributed by atoms with E-state index in [-0.39, 0.29) is 6.04 Å². The van der Waals surface area contributed by atoms with Crippen molar-refractivity contribution in [2.45, 2.75) is 25.6 Å². The Hall–Kier alpha value is -2.62. The van der Waals surface area contributed by atoms with Crippen LogP contribution in [-0.2, 0) is 6.54 Å². The highest BCUT2D eigenvalue weighted by atomic mass is 16.5. The largest absolute Gasteiger partial charge is 0.457 e. The maximum atomic E-state index is 6.18. The molecule has 0 amide bonds. The van der Waals surface area contributed by atoms with Crippen molar-refractivity contribution in [2.75, 3.05) is 6.54 Å². The zero-order valence-electron chi connectivity index (χ0n) is 15.0. The van der Waals surface area contributed by atoms with Crippen molar-refractivity contribution in [2.24, 2.45) is 5.73 Å². The van der Waals surface area contributed by atoms with E-state index in [0.29, 0.717) is 12.6 Å². The standard InChI is InChI=1S/C23H24N2O/c1-17(18-8-4-2-5-9-18)25-16-19-12-13-21(14-22(19)23(25)15-24)26-20-10-6-3-7-11-20/h2-14,17,23H,15-16,24H2,1H3. The molecule has 2 N–H and O–H groups in total. The lowest BCUT2D eigenvalue weighted by Crippen LogP contribution is -2.30. The molecule has 2 atom stereocenters. The molecule has 0 saturated heterocycles. The van der Waals surface area contributed by atoms with Gasteiger partial charge in [-0.1, -0.05) is 54.6 Å². The Labute approximate surface area is 155 Å². The molecule has 2 unspecified atom stereocenters. The fourth-order valence-corrected chi connectivity index (χ4v) is 3.79. The minimum atomic E-state index is 0.208. The molecule has 3 aromatic carbocycles. The average Bonchev–Trinajstić information content (AvgIpc) is 3.06. The lowest BCUT2D eigenvalue weighted by molar-refractivity contribution is 0.161. The molecule has 3 nitrogen and oxygen atoms in total. The molecule has 132 valence electrons. The second-order valence-corrected chi connectivity index (χ2v) is 6.79. The Morgan fingerprint density at radius 2 is 1.65 bits per heavy atom. The van der Waals surface area contributed by atoms with Crippen molar-refractivity contribution >= 4 is 0 Å². The van der Waals surface area contributed by atoms with Gasteiger partial charge in [-0.25, -0.2) is 0 Å². The van der Waals surface area contributed by atoms with Gasteiger partial charge in [0.25, 0.3) is 0 Å². The number of ether oxygens (including phenoxy) is 1. The second kappa shape index (κ2) is 7.32. The minimum absolute atomic E-state index is 0.208. The number of hydrogen-bond acceptors (Lipinski definition) is 3. The van der Waals surface area contributed by atoms with E-state index in [2.05, 4.69) is 60.4 Å². The van der Waals surface area contributed by atoms with E-state index >= 15 is 0 Å². The van der Waals surface area contributed by atoms with Crippen LogP contribution in [0.4, 0.5) is 0 Å². The summed E-state index contributed by atoms with van der Waals surface area (Å²) in [7, 11) is 0. The molecule has 0 radical (unpaired) electrons. The maximum Gasteiger partial charge on any atom is 0.127 e. The summed E-state index contributed by atoms with van der Waals surface area (Å²) >= 11 is 0. The molecule has 1 heterocycles. The van der Waals surface area contributed by atoms with Crippen molar-refractivity contribution < 1.29 is 4.74 Å². The molecule has 26 heavy (non-hydrogen) atoms. The van der Waals surface area contributed by atoms with E-state index in [1.54, 1.807) is 0 Å². The van der Waals surface area contributed by atoms with Crippen LogP contribution in [-0.4, -0.2) is 11.4 Å². The van der Waals surface area contributed by atoms with E-state index in [1.807, 2.05) is 30.3 Å². The van der Waals surface area contributed by atoms with Gasteiger partial charge in [0.1, 0.15) is 11.5 Å². The normalized spacial score (nSPS) is 17.7.